The minimum Gasteiger partial charge on any atom is -0.335 e. The Hall–Kier alpha value is -0.970. The van der Waals surface area contributed by atoms with Crippen molar-refractivity contribution in [1.29, 1.82) is 0 Å². The molecular weight excluding hydrogens is 292 g/mol. The average Bonchev–Trinajstić information content (AvgIpc) is 2.71. The van der Waals surface area contributed by atoms with Crippen molar-refractivity contribution in [2.75, 3.05) is 13.1 Å². The first-order chi connectivity index (χ1) is 8.00. The van der Waals surface area contributed by atoms with Gasteiger partial charge in [-0.2, -0.15) is 0 Å². The van der Waals surface area contributed by atoms with Crippen LogP contribution in [0.5, 0.6) is 0 Å². The third-order valence-electron chi connectivity index (χ3n) is 2.92. The summed E-state index contributed by atoms with van der Waals surface area (Å²) in [7, 11) is 0. The molecule has 1 aromatic rings. The third kappa shape index (κ3) is 2.34. The molecule has 0 aromatic heterocycles. The SMILES string of the molecule is Cc1ccc(F)c(C(=O)N2CCC(F)C2)c1Br. The summed E-state index contributed by atoms with van der Waals surface area (Å²) in [6.45, 7) is 2.18. The smallest absolute Gasteiger partial charge is 0.258 e. The van der Waals surface area contributed by atoms with Gasteiger partial charge in [0, 0.05) is 11.0 Å². The second-order valence-corrected chi connectivity index (χ2v) is 4.98. The largest absolute Gasteiger partial charge is 0.335 e. The van der Waals surface area contributed by atoms with Crippen LogP contribution in [-0.2, 0) is 0 Å². The van der Waals surface area contributed by atoms with Crippen molar-refractivity contribution in [2.45, 2.75) is 19.5 Å². The molecule has 0 aliphatic carbocycles. The van der Waals surface area contributed by atoms with Crippen LogP contribution in [0.1, 0.15) is 22.3 Å². The van der Waals surface area contributed by atoms with Gasteiger partial charge in [-0.05, 0) is 40.9 Å². The molecule has 17 heavy (non-hydrogen) atoms. The molecule has 0 N–H and O–H groups in total. The number of carbonyl (C=O) groups is 1. The number of rotatable bonds is 1. The van der Waals surface area contributed by atoms with Crippen molar-refractivity contribution in [3.63, 3.8) is 0 Å². The van der Waals surface area contributed by atoms with Crippen molar-refractivity contribution >= 4 is 21.8 Å². The zero-order valence-electron chi connectivity index (χ0n) is 9.34. The van der Waals surface area contributed by atoms with Crippen LogP contribution in [0.2, 0.25) is 0 Å². The van der Waals surface area contributed by atoms with Crippen LogP contribution in [0.3, 0.4) is 0 Å². The summed E-state index contributed by atoms with van der Waals surface area (Å²) in [5.41, 5.74) is 0.782. The van der Waals surface area contributed by atoms with Gasteiger partial charge in [0.05, 0.1) is 12.1 Å². The highest BCUT2D eigenvalue weighted by Crippen LogP contribution is 2.26. The first-order valence-corrected chi connectivity index (χ1v) is 6.18. The number of nitrogens with zero attached hydrogens (tertiary/aromatic N) is 1. The van der Waals surface area contributed by atoms with Gasteiger partial charge in [0.1, 0.15) is 12.0 Å². The molecule has 1 unspecified atom stereocenters. The number of likely N-dealkylation sites (tertiary alicyclic amines) is 1. The monoisotopic (exact) mass is 303 g/mol. The van der Waals surface area contributed by atoms with Gasteiger partial charge in [-0.3, -0.25) is 4.79 Å². The Kier molecular flexibility index (Phi) is 3.47. The maximum Gasteiger partial charge on any atom is 0.258 e. The molecule has 1 heterocycles. The lowest BCUT2D eigenvalue weighted by Crippen LogP contribution is -2.30. The number of benzene rings is 1. The van der Waals surface area contributed by atoms with Crippen LogP contribution in [-0.4, -0.2) is 30.1 Å². The number of alkyl halides is 1. The van der Waals surface area contributed by atoms with Crippen LogP contribution < -0.4 is 0 Å². The Bertz CT molecular complexity index is 464. The minimum atomic E-state index is -0.995. The summed E-state index contributed by atoms with van der Waals surface area (Å²) in [6, 6.07) is 2.86. The number of amides is 1. The molecule has 92 valence electrons. The highest BCUT2D eigenvalue weighted by Gasteiger charge is 2.29. The van der Waals surface area contributed by atoms with Crippen LogP contribution in [0.15, 0.2) is 16.6 Å². The Morgan fingerprint density at radius 2 is 2.24 bits per heavy atom. The van der Waals surface area contributed by atoms with E-state index in [0.29, 0.717) is 17.4 Å². The Labute approximate surface area is 107 Å². The molecule has 0 spiro atoms. The summed E-state index contributed by atoms with van der Waals surface area (Å²) in [6.07, 6.45) is -0.665. The van der Waals surface area contributed by atoms with Crippen molar-refractivity contribution in [1.82, 2.24) is 4.90 Å². The zero-order valence-corrected chi connectivity index (χ0v) is 10.9. The molecule has 1 atom stereocenters. The fraction of sp³-hybridized carbons (Fsp3) is 0.417. The van der Waals surface area contributed by atoms with E-state index in [1.54, 1.807) is 13.0 Å². The summed E-state index contributed by atoms with van der Waals surface area (Å²) in [4.78, 5) is 13.4. The van der Waals surface area contributed by atoms with E-state index in [4.69, 9.17) is 0 Å². The number of carbonyl (C=O) groups excluding carboxylic acids is 1. The standard InChI is InChI=1S/C12H12BrF2NO/c1-7-2-3-9(15)10(11(7)13)12(17)16-5-4-8(14)6-16/h2-3,8H,4-6H2,1H3. The minimum absolute atomic E-state index is 0.000833. The molecule has 0 bridgehead atoms. The number of hydrogen-bond acceptors (Lipinski definition) is 1. The predicted molar refractivity (Wildman–Crippen MR) is 64.3 cm³/mol. The number of halogens is 3. The zero-order chi connectivity index (χ0) is 12.6. The summed E-state index contributed by atoms with van der Waals surface area (Å²) < 4.78 is 27.1. The average molecular weight is 304 g/mol. The van der Waals surface area contributed by atoms with E-state index < -0.39 is 17.9 Å². The van der Waals surface area contributed by atoms with Crippen molar-refractivity contribution in [2.24, 2.45) is 0 Å². The molecule has 2 rings (SSSR count). The van der Waals surface area contributed by atoms with Gasteiger partial charge in [-0.25, -0.2) is 8.78 Å². The van der Waals surface area contributed by atoms with Crippen LogP contribution in [0.25, 0.3) is 0 Å². The second kappa shape index (κ2) is 4.72. The molecule has 1 aliphatic rings. The Balaban J connectivity index is 2.34. The van der Waals surface area contributed by atoms with Crippen LogP contribution in [0.4, 0.5) is 8.78 Å². The first kappa shape index (κ1) is 12.5. The van der Waals surface area contributed by atoms with E-state index in [1.807, 2.05) is 0 Å². The van der Waals surface area contributed by atoms with E-state index in [9.17, 15) is 13.6 Å². The van der Waals surface area contributed by atoms with E-state index >= 15 is 0 Å². The molecule has 1 aliphatic heterocycles. The molecule has 2 nitrogen and oxygen atoms in total. The topological polar surface area (TPSA) is 20.3 Å². The van der Waals surface area contributed by atoms with E-state index in [0.717, 1.165) is 5.56 Å². The van der Waals surface area contributed by atoms with Gasteiger partial charge in [-0.15, -0.1) is 0 Å². The summed E-state index contributed by atoms with van der Waals surface area (Å²) >= 11 is 3.21. The molecule has 5 heteroatoms. The predicted octanol–water partition coefficient (Wildman–Crippen LogP) is 3.08. The van der Waals surface area contributed by atoms with Crippen LogP contribution in [0, 0.1) is 12.7 Å². The van der Waals surface area contributed by atoms with Gasteiger partial charge in [-0.1, -0.05) is 6.07 Å². The highest BCUT2D eigenvalue weighted by molar-refractivity contribution is 9.10. The second-order valence-electron chi connectivity index (χ2n) is 4.19. The maximum absolute atomic E-state index is 13.7. The molecule has 0 saturated carbocycles. The molecule has 1 saturated heterocycles. The van der Waals surface area contributed by atoms with Gasteiger partial charge in [0.2, 0.25) is 0 Å². The van der Waals surface area contributed by atoms with Crippen molar-refractivity contribution in [3.8, 4) is 0 Å². The van der Waals surface area contributed by atoms with Gasteiger partial charge in [0.25, 0.3) is 5.91 Å². The fourth-order valence-corrected chi connectivity index (χ4v) is 2.40. The lowest BCUT2D eigenvalue weighted by molar-refractivity contribution is 0.0777. The Morgan fingerprint density at radius 3 is 2.82 bits per heavy atom. The normalized spacial score (nSPS) is 19.8. The quantitative estimate of drug-likeness (QED) is 0.781. The maximum atomic E-state index is 13.7. The molecule has 1 aromatic carbocycles. The van der Waals surface area contributed by atoms with Crippen LogP contribution >= 0.6 is 15.9 Å². The molecule has 0 radical (unpaired) electrons. The first-order valence-electron chi connectivity index (χ1n) is 5.38. The molecular formula is C12H12BrF2NO. The third-order valence-corrected chi connectivity index (χ3v) is 3.94. The lowest BCUT2D eigenvalue weighted by atomic mass is 10.1. The van der Waals surface area contributed by atoms with Crippen molar-refractivity contribution in [3.05, 3.63) is 33.5 Å². The van der Waals surface area contributed by atoms with Gasteiger partial charge in [0.15, 0.2) is 0 Å². The number of hydrogen-bond donors (Lipinski definition) is 0. The molecule has 1 amide bonds. The lowest BCUT2D eigenvalue weighted by Gasteiger charge is -2.17. The van der Waals surface area contributed by atoms with Crippen molar-refractivity contribution < 1.29 is 13.6 Å². The van der Waals surface area contributed by atoms with Gasteiger partial charge >= 0.3 is 0 Å². The Morgan fingerprint density at radius 1 is 1.53 bits per heavy atom. The molecule has 1 fully saturated rings. The summed E-state index contributed by atoms with van der Waals surface area (Å²) in [5, 5.41) is 0. The fourth-order valence-electron chi connectivity index (χ4n) is 1.91. The highest BCUT2D eigenvalue weighted by atomic mass is 79.9. The van der Waals surface area contributed by atoms with E-state index in [2.05, 4.69) is 15.9 Å². The van der Waals surface area contributed by atoms with E-state index in [-0.39, 0.29) is 12.1 Å². The van der Waals surface area contributed by atoms with Gasteiger partial charge < -0.3 is 4.90 Å². The van der Waals surface area contributed by atoms with E-state index in [1.165, 1.54) is 11.0 Å². The summed E-state index contributed by atoms with van der Waals surface area (Å²) in [5.74, 6) is -1.02. The number of aryl methyl sites for hydroxylation is 1.